The van der Waals surface area contributed by atoms with Crippen LogP contribution in [0.1, 0.15) is 20.7 Å². The molecule has 14 heteroatoms. The van der Waals surface area contributed by atoms with Crippen LogP contribution >= 0.6 is 63.7 Å². The number of halogens is 5. The van der Waals surface area contributed by atoms with Crippen molar-refractivity contribution in [3.63, 3.8) is 0 Å². The van der Waals surface area contributed by atoms with Gasteiger partial charge in [0.15, 0.2) is 0 Å². The van der Waals surface area contributed by atoms with Crippen molar-refractivity contribution in [3.05, 3.63) is 95.5 Å². The molecule has 0 fully saturated rings. The van der Waals surface area contributed by atoms with E-state index in [4.69, 9.17) is 4.74 Å². The highest BCUT2D eigenvalue weighted by atomic mass is 79.9. The molecular weight excluding hydrogens is 803 g/mol. The second-order valence-electron chi connectivity index (χ2n) is 7.97. The highest BCUT2D eigenvalue weighted by molar-refractivity contribution is 9.11. The van der Waals surface area contributed by atoms with Crippen LogP contribution in [0.4, 0.5) is 15.8 Å². The number of rotatable bonds is 5. The minimum atomic E-state index is -0.714. The summed E-state index contributed by atoms with van der Waals surface area (Å²) >= 11 is 12.4. The van der Waals surface area contributed by atoms with Gasteiger partial charge in [0, 0.05) is 11.4 Å². The lowest BCUT2D eigenvalue weighted by Crippen LogP contribution is -2.12. The fourth-order valence-electron chi connectivity index (χ4n) is 3.22. The first-order valence-electron chi connectivity index (χ1n) is 11.2. The summed E-state index contributed by atoms with van der Waals surface area (Å²) in [6.07, 6.45) is 0. The van der Waals surface area contributed by atoms with Gasteiger partial charge in [-0.15, -0.1) is 0 Å². The molecule has 0 aliphatic carbocycles. The Morgan fingerprint density at radius 1 is 0.634 bits per heavy atom. The van der Waals surface area contributed by atoms with Gasteiger partial charge in [0.2, 0.25) is 0 Å². The Kier molecular flexibility index (Phi) is 11.0. The molecule has 2 amide bonds. The maximum Gasteiger partial charge on any atom is 0.263 e. The van der Waals surface area contributed by atoms with Gasteiger partial charge in [-0.2, -0.15) is 0 Å². The van der Waals surface area contributed by atoms with Gasteiger partial charge in [0.25, 0.3) is 11.8 Å². The fourth-order valence-corrected chi connectivity index (χ4v) is 5.55. The van der Waals surface area contributed by atoms with Gasteiger partial charge in [0.1, 0.15) is 45.7 Å². The summed E-state index contributed by atoms with van der Waals surface area (Å²) in [6, 6.07) is 14.7. The molecule has 4 aromatic rings. The first kappa shape index (κ1) is 32.2. The number of anilines is 2. The van der Waals surface area contributed by atoms with Gasteiger partial charge >= 0.3 is 0 Å². The first-order valence-corrected chi connectivity index (χ1v) is 14.3. The number of ether oxygens (including phenoxy) is 1. The minimum absolute atomic E-state index is 0.216. The van der Waals surface area contributed by atoms with Crippen LogP contribution in [0, 0.1) is 5.82 Å². The van der Waals surface area contributed by atoms with Crippen LogP contribution < -0.4 is 15.4 Å². The highest BCUT2D eigenvalue weighted by Crippen LogP contribution is 2.41. The van der Waals surface area contributed by atoms with Gasteiger partial charge in [-0.25, -0.2) is 4.39 Å². The quantitative estimate of drug-likeness (QED) is 0.120. The number of phenols is 4. The van der Waals surface area contributed by atoms with E-state index in [-0.39, 0.29) is 43.1 Å². The minimum Gasteiger partial charge on any atom is -0.506 e. The van der Waals surface area contributed by atoms with Gasteiger partial charge in [0.05, 0.1) is 25.0 Å². The molecule has 0 aliphatic rings. The zero-order chi connectivity index (χ0) is 30.4. The average molecular weight is 822 g/mol. The van der Waals surface area contributed by atoms with E-state index in [0.717, 1.165) is 0 Å². The van der Waals surface area contributed by atoms with Crippen LogP contribution in [0.25, 0.3) is 0 Å². The Morgan fingerprint density at radius 2 is 0.951 bits per heavy atom. The van der Waals surface area contributed by atoms with Gasteiger partial charge in [-0.3, -0.25) is 9.59 Å². The van der Waals surface area contributed by atoms with Crippen molar-refractivity contribution < 1.29 is 39.1 Å². The number of carbonyl (C=O) groups excluding carboxylic acids is 2. The van der Waals surface area contributed by atoms with Crippen LogP contribution in [0.2, 0.25) is 0 Å². The highest BCUT2D eigenvalue weighted by Gasteiger charge is 2.23. The predicted octanol–water partition coefficient (Wildman–Crippen LogP) is 7.90. The summed E-state index contributed by atoms with van der Waals surface area (Å²) in [5.74, 6) is -2.55. The fraction of sp³-hybridized carbons (Fsp3) is 0.0370. The van der Waals surface area contributed by atoms with Gasteiger partial charge in [-0.1, -0.05) is 0 Å². The van der Waals surface area contributed by atoms with Crippen molar-refractivity contribution >= 4 is 86.9 Å². The molecule has 6 N–H and O–H groups in total. The number of phenolic OH excluding ortho intramolecular Hbond substituents is 4. The molecule has 0 radical (unpaired) electrons. The Hall–Kier alpha value is -3.33. The number of methoxy groups -OCH3 is 1. The number of hydrogen-bond acceptors (Lipinski definition) is 7. The van der Waals surface area contributed by atoms with Gasteiger partial charge < -0.3 is 35.8 Å². The van der Waals surface area contributed by atoms with Crippen LogP contribution in [-0.2, 0) is 0 Å². The number of aromatic hydroxyl groups is 4. The third-order valence-electron chi connectivity index (χ3n) is 5.26. The van der Waals surface area contributed by atoms with Crippen LogP contribution in [-0.4, -0.2) is 39.4 Å². The Balaban J connectivity index is 0.000000226. The molecule has 0 heterocycles. The summed E-state index contributed by atoms with van der Waals surface area (Å²) in [7, 11) is 1.54. The average Bonchev–Trinajstić information content (AvgIpc) is 2.93. The van der Waals surface area contributed by atoms with Crippen LogP contribution in [0.5, 0.6) is 28.7 Å². The third kappa shape index (κ3) is 7.91. The zero-order valence-electron chi connectivity index (χ0n) is 20.7. The van der Waals surface area contributed by atoms with Crippen molar-refractivity contribution in [2.45, 2.75) is 0 Å². The smallest absolute Gasteiger partial charge is 0.263 e. The van der Waals surface area contributed by atoms with E-state index < -0.39 is 17.6 Å². The maximum atomic E-state index is 12.8. The molecule has 0 aliphatic heterocycles. The molecule has 4 aromatic carbocycles. The topological polar surface area (TPSA) is 148 Å². The van der Waals surface area contributed by atoms with E-state index in [1.54, 1.807) is 31.4 Å². The van der Waals surface area contributed by atoms with Crippen LogP contribution in [0.15, 0.2) is 78.6 Å². The lowest BCUT2D eigenvalue weighted by Gasteiger charge is -2.11. The zero-order valence-corrected chi connectivity index (χ0v) is 27.0. The predicted molar refractivity (Wildman–Crippen MR) is 166 cm³/mol. The first-order chi connectivity index (χ1) is 19.3. The summed E-state index contributed by atoms with van der Waals surface area (Å²) in [5.41, 5.74) is 0.352. The number of carbonyl (C=O) groups is 2. The largest absolute Gasteiger partial charge is 0.506 e. The molecule has 0 saturated carbocycles. The maximum absolute atomic E-state index is 12.8. The monoisotopic (exact) mass is 818 g/mol. The van der Waals surface area contributed by atoms with E-state index >= 15 is 0 Å². The summed E-state index contributed by atoms with van der Waals surface area (Å²) in [4.78, 5) is 24.3. The molecule has 9 nitrogen and oxygen atoms in total. The molecule has 0 bridgehead atoms. The SMILES string of the molecule is COc1ccc(NC(=O)c2c(O)c(Br)cc(Br)c2O)cc1.O=C(Nc1ccc(F)cc1)c1c(O)c(Br)cc(Br)c1O. The second-order valence-corrected chi connectivity index (χ2v) is 11.4. The molecular formula is C27H19Br4FN2O7. The molecule has 0 saturated heterocycles. The Labute approximate surface area is 266 Å². The lowest BCUT2D eigenvalue weighted by molar-refractivity contribution is 0.101. The Morgan fingerprint density at radius 3 is 1.27 bits per heavy atom. The number of nitrogens with one attached hydrogen (secondary N) is 2. The number of hydrogen-bond donors (Lipinski definition) is 6. The molecule has 41 heavy (non-hydrogen) atoms. The molecule has 0 unspecified atom stereocenters. The van der Waals surface area contributed by atoms with Crippen molar-refractivity contribution in [3.8, 4) is 28.7 Å². The molecule has 4 rings (SSSR count). The normalized spacial score (nSPS) is 10.3. The van der Waals surface area contributed by atoms with E-state index in [1.165, 1.54) is 36.4 Å². The molecule has 0 spiro atoms. The molecule has 214 valence electrons. The van der Waals surface area contributed by atoms with E-state index in [2.05, 4.69) is 74.4 Å². The number of benzene rings is 4. The summed E-state index contributed by atoms with van der Waals surface area (Å²) in [5, 5.41) is 44.6. The van der Waals surface area contributed by atoms with E-state index in [0.29, 0.717) is 26.1 Å². The second kappa shape index (κ2) is 14.0. The van der Waals surface area contributed by atoms with E-state index in [9.17, 15) is 34.4 Å². The van der Waals surface area contributed by atoms with Crippen molar-refractivity contribution in [2.24, 2.45) is 0 Å². The Bertz CT molecular complexity index is 1550. The standard InChI is InChI=1S/C14H11Br2NO4.C13H8Br2FNO3/c1-21-8-4-2-7(3-5-8)17-14(20)11-12(18)9(15)6-10(16)13(11)19;14-8-5-9(15)12(19)10(11(8)18)13(20)17-7-3-1-6(16)2-4-7/h2-6,18-19H,1H3,(H,17,20);1-5,18-19H,(H,17,20). The van der Waals surface area contributed by atoms with Crippen LogP contribution in [0.3, 0.4) is 0 Å². The van der Waals surface area contributed by atoms with Gasteiger partial charge in [-0.05, 0) is 124 Å². The summed E-state index contributed by atoms with van der Waals surface area (Å²) < 4.78 is 18.9. The van der Waals surface area contributed by atoms with Crippen molar-refractivity contribution in [2.75, 3.05) is 17.7 Å². The number of amides is 2. The van der Waals surface area contributed by atoms with Crippen molar-refractivity contribution in [1.29, 1.82) is 0 Å². The lowest BCUT2D eigenvalue weighted by atomic mass is 10.1. The molecule has 0 atom stereocenters. The van der Waals surface area contributed by atoms with Crippen molar-refractivity contribution in [1.82, 2.24) is 0 Å². The summed E-state index contributed by atoms with van der Waals surface area (Å²) in [6.45, 7) is 0. The molecule has 0 aromatic heterocycles. The van der Waals surface area contributed by atoms with E-state index in [1.807, 2.05) is 0 Å². The third-order valence-corrected chi connectivity index (χ3v) is 7.68.